The number of nitrogens with two attached hydrogens (primary N) is 1. The summed E-state index contributed by atoms with van der Waals surface area (Å²) in [6, 6.07) is 0. The van der Waals surface area contributed by atoms with Crippen molar-refractivity contribution >= 4 is 17.3 Å². The van der Waals surface area contributed by atoms with Crippen molar-refractivity contribution in [3.63, 3.8) is 0 Å². The number of nitrogens with zero attached hydrogens (tertiary/aromatic N) is 1. The Balaban J connectivity index is 3.15. The van der Waals surface area contributed by atoms with E-state index < -0.39 is 0 Å². The van der Waals surface area contributed by atoms with Crippen LogP contribution in [0.2, 0.25) is 5.15 Å². The third kappa shape index (κ3) is 1.48. The van der Waals surface area contributed by atoms with Gasteiger partial charge in [-0.1, -0.05) is 37.5 Å². The lowest BCUT2D eigenvalue weighted by atomic mass is 9.92. The smallest absolute Gasteiger partial charge is 0.195 e. The average Bonchev–Trinajstić information content (AvgIpc) is 2.11. The second-order valence-corrected chi connectivity index (χ2v) is 3.82. The SMILES string of the molecule is CC(C)(C)c1onc(Cl)c1N. The van der Waals surface area contributed by atoms with Crippen molar-refractivity contribution < 1.29 is 4.52 Å². The Morgan fingerprint density at radius 1 is 1.45 bits per heavy atom. The Morgan fingerprint density at radius 2 is 2.00 bits per heavy atom. The number of hydrogen-bond donors (Lipinski definition) is 1. The molecule has 0 fully saturated rings. The van der Waals surface area contributed by atoms with Gasteiger partial charge >= 0.3 is 0 Å². The molecule has 1 rings (SSSR count). The Labute approximate surface area is 70.5 Å². The van der Waals surface area contributed by atoms with Crippen LogP contribution in [0.3, 0.4) is 0 Å². The van der Waals surface area contributed by atoms with Crippen LogP contribution in [-0.4, -0.2) is 5.16 Å². The molecule has 11 heavy (non-hydrogen) atoms. The Hall–Kier alpha value is -0.700. The van der Waals surface area contributed by atoms with E-state index in [0.717, 1.165) is 0 Å². The van der Waals surface area contributed by atoms with Gasteiger partial charge in [-0.3, -0.25) is 0 Å². The molecule has 0 aliphatic carbocycles. The zero-order valence-corrected chi connectivity index (χ0v) is 7.57. The first-order chi connectivity index (χ1) is 4.93. The average molecular weight is 175 g/mol. The van der Waals surface area contributed by atoms with Crippen LogP contribution in [0.25, 0.3) is 0 Å². The van der Waals surface area contributed by atoms with Crippen LogP contribution in [0.5, 0.6) is 0 Å². The fourth-order valence-electron chi connectivity index (χ4n) is 0.819. The van der Waals surface area contributed by atoms with Crippen molar-refractivity contribution in [2.75, 3.05) is 5.73 Å². The number of hydrogen-bond acceptors (Lipinski definition) is 3. The number of rotatable bonds is 0. The van der Waals surface area contributed by atoms with Gasteiger partial charge in [0.05, 0.1) is 0 Å². The third-order valence-electron chi connectivity index (χ3n) is 1.37. The van der Waals surface area contributed by atoms with Gasteiger partial charge in [-0.05, 0) is 0 Å². The summed E-state index contributed by atoms with van der Waals surface area (Å²) in [6.07, 6.45) is 0. The summed E-state index contributed by atoms with van der Waals surface area (Å²) < 4.78 is 4.95. The molecule has 0 saturated carbocycles. The van der Waals surface area contributed by atoms with E-state index in [1.54, 1.807) is 0 Å². The van der Waals surface area contributed by atoms with E-state index >= 15 is 0 Å². The topological polar surface area (TPSA) is 52.0 Å². The fourth-order valence-corrected chi connectivity index (χ4v) is 0.939. The van der Waals surface area contributed by atoms with Crippen molar-refractivity contribution in [1.29, 1.82) is 0 Å². The van der Waals surface area contributed by atoms with Crippen molar-refractivity contribution in [2.45, 2.75) is 26.2 Å². The first kappa shape index (κ1) is 8.40. The molecule has 1 aromatic rings. The maximum Gasteiger partial charge on any atom is 0.195 e. The van der Waals surface area contributed by atoms with Gasteiger partial charge in [0.1, 0.15) is 5.69 Å². The van der Waals surface area contributed by atoms with Gasteiger partial charge in [-0.15, -0.1) is 0 Å². The highest BCUT2D eigenvalue weighted by Crippen LogP contribution is 2.31. The van der Waals surface area contributed by atoms with Gasteiger partial charge in [0, 0.05) is 5.41 Å². The van der Waals surface area contributed by atoms with E-state index in [2.05, 4.69) is 5.16 Å². The van der Waals surface area contributed by atoms with Crippen LogP contribution < -0.4 is 5.73 Å². The molecule has 0 bridgehead atoms. The minimum atomic E-state index is -0.135. The van der Waals surface area contributed by atoms with E-state index in [1.165, 1.54) is 0 Å². The van der Waals surface area contributed by atoms with Crippen LogP contribution in [0.15, 0.2) is 4.52 Å². The molecule has 0 aliphatic rings. The molecule has 0 aromatic carbocycles. The van der Waals surface area contributed by atoms with Crippen molar-refractivity contribution in [2.24, 2.45) is 0 Å². The maximum absolute atomic E-state index is 5.61. The van der Waals surface area contributed by atoms with Crippen LogP contribution in [0.4, 0.5) is 5.69 Å². The highest BCUT2D eigenvalue weighted by molar-refractivity contribution is 6.31. The predicted octanol–water partition coefficient (Wildman–Crippen LogP) is 2.21. The number of aromatic nitrogens is 1. The molecule has 0 aliphatic heterocycles. The largest absolute Gasteiger partial charge is 0.393 e. The Morgan fingerprint density at radius 3 is 2.18 bits per heavy atom. The van der Waals surface area contributed by atoms with Crippen LogP contribution in [-0.2, 0) is 5.41 Å². The van der Waals surface area contributed by atoms with Crippen molar-refractivity contribution in [1.82, 2.24) is 5.16 Å². The van der Waals surface area contributed by atoms with Gasteiger partial charge in [-0.2, -0.15) is 0 Å². The van der Waals surface area contributed by atoms with E-state index in [1.807, 2.05) is 20.8 Å². The lowest BCUT2D eigenvalue weighted by Crippen LogP contribution is -2.11. The van der Waals surface area contributed by atoms with Gasteiger partial charge in [0.25, 0.3) is 0 Å². The van der Waals surface area contributed by atoms with E-state index in [9.17, 15) is 0 Å². The highest BCUT2D eigenvalue weighted by atomic mass is 35.5. The zero-order valence-electron chi connectivity index (χ0n) is 6.81. The summed E-state index contributed by atoms with van der Waals surface area (Å²) in [5, 5.41) is 3.79. The van der Waals surface area contributed by atoms with E-state index in [-0.39, 0.29) is 10.6 Å². The molecule has 2 N–H and O–H groups in total. The normalized spacial score (nSPS) is 12.0. The molecular weight excluding hydrogens is 164 g/mol. The molecule has 0 atom stereocenters. The quantitative estimate of drug-likeness (QED) is 0.656. The maximum atomic E-state index is 5.61. The van der Waals surface area contributed by atoms with Crippen molar-refractivity contribution in [3.05, 3.63) is 10.9 Å². The summed E-state index contributed by atoms with van der Waals surface area (Å²) in [5.41, 5.74) is 5.91. The molecule has 3 nitrogen and oxygen atoms in total. The molecule has 0 unspecified atom stereocenters. The second kappa shape index (κ2) is 2.41. The number of nitrogen functional groups attached to an aromatic ring is 1. The molecule has 1 heterocycles. The molecular formula is C7H11ClN2O. The van der Waals surface area contributed by atoms with Crippen molar-refractivity contribution in [3.8, 4) is 0 Å². The number of anilines is 1. The lowest BCUT2D eigenvalue weighted by Gasteiger charge is -2.13. The zero-order chi connectivity index (χ0) is 8.65. The summed E-state index contributed by atoms with van der Waals surface area (Å²) in [5.74, 6) is 0.641. The van der Waals surface area contributed by atoms with Gasteiger partial charge in [-0.25, -0.2) is 0 Å². The fraction of sp³-hybridized carbons (Fsp3) is 0.571. The Bertz CT molecular complexity index is 262. The standard InChI is InChI=1S/C7H11ClN2O/c1-7(2,3)5-4(9)6(8)10-11-5/h9H2,1-3H3. The first-order valence-corrected chi connectivity index (χ1v) is 3.72. The summed E-state index contributed by atoms with van der Waals surface area (Å²) >= 11 is 5.61. The summed E-state index contributed by atoms with van der Waals surface area (Å²) in [4.78, 5) is 0. The van der Waals surface area contributed by atoms with Gasteiger partial charge in [0.15, 0.2) is 10.9 Å². The van der Waals surface area contributed by atoms with Crippen LogP contribution in [0.1, 0.15) is 26.5 Å². The molecule has 62 valence electrons. The van der Waals surface area contributed by atoms with E-state index in [4.69, 9.17) is 21.9 Å². The van der Waals surface area contributed by atoms with E-state index in [0.29, 0.717) is 11.4 Å². The molecule has 0 spiro atoms. The minimum absolute atomic E-state index is 0.135. The Kier molecular flexibility index (Phi) is 1.84. The van der Waals surface area contributed by atoms with Gasteiger partial charge in [0.2, 0.25) is 0 Å². The second-order valence-electron chi connectivity index (χ2n) is 3.47. The molecule has 0 amide bonds. The summed E-state index contributed by atoms with van der Waals surface area (Å²) in [7, 11) is 0. The molecule has 0 saturated heterocycles. The highest BCUT2D eigenvalue weighted by Gasteiger charge is 2.24. The van der Waals surface area contributed by atoms with Crippen LogP contribution in [0, 0.1) is 0 Å². The first-order valence-electron chi connectivity index (χ1n) is 3.34. The van der Waals surface area contributed by atoms with Gasteiger partial charge < -0.3 is 10.3 Å². The lowest BCUT2D eigenvalue weighted by molar-refractivity contribution is 0.330. The predicted molar refractivity (Wildman–Crippen MR) is 44.6 cm³/mol. The van der Waals surface area contributed by atoms with Crippen LogP contribution >= 0.6 is 11.6 Å². The molecule has 0 radical (unpaired) electrons. The minimum Gasteiger partial charge on any atom is -0.393 e. The molecule has 1 aromatic heterocycles. The third-order valence-corrected chi connectivity index (χ3v) is 1.64. The number of halogens is 1. The summed E-state index contributed by atoms with van der Waals surface area (Å²) in [6.45, 7) is 5.96. The monoisotopic (exact) mass is 174 g/mol. The molecule has 4 heteroatoms.